The number of rotatable bonds is 8. The van der Waals surface area contributed by atoms with Crippen LogP contribution in [0.25, 0.3) is 0 Å². The highest BCUT2D eigenvalue weighted by molar-refractivity contribution is 7.80. The highest BCUT2D eigenvalue weighted by Gasteiger charge is 2.12. The average molecular weight is 408 g/mol. The molecule has 0 fully saturated rings. The summed E-state index contributed by atoms with van der Waals surface area (Å²) >= 11 is 11.3. The van der Waals surface area contributed by atoms with Crippen molar-refractivity contribution in [3.05, 3.63) is 52.5 Å². The van der Waals surface area contributed by atoms with Gasteiger partial charge < -0.3 is 19.5 Å². The van der Waals surface area contributed by atoms with E-state index in [1.165, 1.54) is 0 Å². The van der Waals surface area contributed by atoms with Gasteiger partial charge >= 0.3 is 0 Å². The lowest BCUT2D eigenvalue weighted by molar-refractivity contribution is 0.210. The Bertz CT molecular complexity index is 815. The quantitative estimate of drug-likeness (QED) is 0.302. The molecule has 2 N–H and O–H groups in total. The number of halogens is 1. The highest BCUT2D eigenvalue weighted by atomic mass is 35.5. The van der Waals surface area contributed by atoms with Crippen LogP contribution in [0.15, 0.2) is 41.5 Å². The molecular weight excluding hydrogens is 386 g/mol. The summed E-state index contributed by atoms with van der Waals surface area (Å²) in [5.74, 6) is 1.80. The largest absolute Gasteiger partial charge is 0.493 e. The van der Waals surface area contributed by atoms with Crippen molar-refractivity contribution in [1.82, 2.24) is 10.7 Å². The first kappa shape index (κ1) is 20.8. The van der Waals surface area contributed by atoms with Crippen molar-refractivity contribution in [1.29, 1.82) is 0 Å². The van der Waals surface area contributed by atoms with Crippen LogP contribution in [0.1, 0.15) is 11.1 Å². The number of hydrazone groups is 1. The minimum absolute atomic E-state index is 0.329. The van der Waals surface area contributed by atoms with Gasteiger partial charge in [0.1, 0.15) is 19.0 Å². The van der Waals surface area contributed by atoms with Gasteiger partial charge in [-0.15, -0.1) is 0 Å². The second-order valence-electron chi connectivity index (χ2n) is 5.45. The molecule has 0 bridgehead atoms. The summed E-state index contributed by atoms with van der Waals surface area (Å²) in [5.41, 5.74) is 4.49. The Labute approximate surface area is 169 Å². The Hall–Kier alpha value is -2.51. The molecule has 2 aromatic rings. The molecule has 0 saturated heterocycles. The van der Waals surface area contributed by atoms with Crippen LogP contribution in [-0.4, -0.2) is 38.7 Å². The Balaban J connectivity index is 1.98. The molecule has 2 rings (SSSR count). The molecule has 0 aromatic heterocycles. The Morgan fingerprint density at radius 1 is 1.19 bits per heavy atom. The lowest BCUT2D eigenvalue weighted by Gasteiger charge is -2.14. The predicted molar refractivity (Wildman–Crippen MR) is 113 cm³/mol. The smallest absolute Gasteiger partial charge is 0.186 e. The monoisotopic (exact) mass is 407 g/mol. The van der Waals surface area contributed by atoms with E-state index >= 15 is 0 Å². The number of hydrogen-bond acceptors (Lipinski definition) is 5. The number of nitrogens with zero attached hydrogens (tertiary/aromatic N) is 1. The minimum Gasteiger partial charge on any atom is -0.493 e. The molecule has 0 amide bonds. The molecular formula is C19H22ClN3O3S. The topological polar surface area (TPSA) is 64.1 Å². The van der Waals surface area contributed by atoms with Gasteiger partial charge in [0, 0.05) is 7.05 Å². The van der Waals surface area contributed by atoms with Gasteiger partial charge in [-0.1, -0.05) is 29.8 Å². The fourth-order valence-corrected chi connectivity index (χ4v) is 2.52. The van der Waals surface area contributed by atoms with E-state index in [4.69, 9.17) is 38.0 Å². The average Bonchev–Trinajstić information content (AvgIpc) is 2.67. The maximum atomic E-state index is 6.34. The van der Waals surface area contributed by atoms with Crippen molar-refractivity contribution in [2.24, 2.45) is 5.10 Å². The third-order valence-corrected chi connectivity index (χ3v) is 4.12. The summed E-state index contributed by atoms with van der Waals surface area (Å²) in [7, 11) is 3.26. The Morgan fingerprint density at radius 2 is 1.93 bits per heavy atom. The van der Waals surface area contributed by atoms with Gasteiger partial charge in [0.2, 0.25) is 0 Å². The van der Waals surface area contributed by atoms with Crippen molar-refractivity contribution in [3.63, 3.8) is 0 Å². The van der Waals surface area contributed by atoms with E-state index in [1.807, 2.05) is 31.2 Å². The van der Waals surface area contributed by atoms with Crippen molar-refractivity contribution in [2.45, 2.75) is 6.92 Å². The molecule has 0 atom stereocenters. The molecule has 0 radical (unpaired) electrons. The number of thiocarbonyl (C=S) groups is 1. The third-order valence-electron chi connectivity index (χ3n) is 3.54. The maximum absolute atomic E-state index is 6.34. The lowest BCUT2D eigenvalue weighted by Crippen LogP contribution is -2.28. The summed E-state index contributed by atoms with van der Waals surface area (Å²) < 4.78 is 16.9. The Morgan fingerprint density at radius 3 is 2.63 bits per heavy atom. The number of aryl methyl sites for hydroxylation is 1. The second kappa shape index (κ2) is 10.6. The normalized spacial score (nSPS) is 10.5. The molecule has 0 unspecified atom stereocenters. The summed E-state index contributed by atoms with van der Waals surface area (Å²) in [5, 5.41) is 7.62. The van der Waals surface area contributed by atoms with E-state index in [0.29, 0.717) is 34.8 Å². The first-order valence-electron chi connectivity index (χ1n) is 8.24. The second-order valence-corrected chi connectivity index (χ2v) is 6.26. The maximum Gasteiger partial charge on any atom is 0.186 e. The number of benzene rings is 2. The summed E-state index contributed by atoms with van der Waals surface area (Å²) in [4.78, 5) is 0. The van der Waals surface area contributed by atoms with Crippen LogP contribution < -0.4 is 25.0 Å². The molecule has 0 saturated carbocycles. The SMILES string of the molecule is CNC(=S)N/N=C\c1cc(Cl)c(OCCOc2ccccc2C)c(OC)c1. The first-order valence-corrected chi connectivity index (χ1v) is 9.03. The van der Waals surface area contributed by atoms with Crippen LogP contribution in [0, 0.1) is 6.92 Å². The van der Waals surface area contributed by atoms with E-state index < -0.39 is 0 Å². The molecule has 144 valence electrons. The Kier molecular flexibility index (Phi) is 8.16. The fraction of sp³-hybridized carbons (Fsp3) is 0.263. The van der Waals surface area contributed by atoms with Crippen molar-refractivity contribution in [2.75, 3.05) is 27.4 Å². The zero-order valence-electron chi connectivity index (χ0n) is 15.4. The van der Waals surface area contributed by atoms with Gasteiger partial charge in [-0.2, -0.15) is 5.10 Å². The van der Waals surface area contributed by atoms with Gasteiger partial charge in [0.25, 0.3) is 0 Å². The number of para-hydroxylation sites is 1. The number of nitrogens with one attached hydrogen (secondary N) is 2. The van der Waals surface area contributed by atoms with E-state index in [0.717, 1.165) is 16.9 Å². The molecule has 0 aliphatic rings. The van der Waals surface area contributed by atoms with E-state index in [2.05, 4.69) is 15.8 Å². The molecule has 0 spiro atoms. The van der Waals surface area contributed by atoms with Crippen molar-refractivity contribution in [3.8, 4) is 17.2 Å². The summed E-state index contributed by atoms with van der Waals surface area (Å²) in [6.07, 6.45) is 1.59. The van der Waals surface area contributed by atoms with Crippen LogP contribution in [0.3, 0.4) is 0 Å². The minimum atomic E-state index is 0.329. The van der Waals surface area contributed by atoms with Crippen LogP contribution in [0.5, 0.6) is 17.2 Å². The number of hydrogen-bond donors (Lipinski definition) is 2. The zero-order chi connectivity index (χ0) is 19.6. The molecule has 8 heteroatoms. The summed E-state index contributed by atoms with van der Waals surface area (Å²) in [6.45, 7) is 2.71. The van der Waals surface area contributed by atoms with Gasteiger partial charge in [-0.25, -0.2) is 0 Å². The third kappa shape index (κ3) is 6.30. The van der Waals surface area contributed by atoms with Crippen LogP contribution in [0.4, 0.5) is 0 Å². The standard InChI is InChI=1S/C19H22ClN3O3S/c1-13-6-4-5-7-16(13)25-8-9-26-18-15(20)10-14(11-17(18)24-3)12-22-23-19(27)21-2/h4-7,10-12H,8-9H2,1-3H3,(H2,21,23,27)/b22-12-. The first-order chi connectivity index (χ1) is 13.0. The van der Waals surface area contributed by atoms with Crippen molar-refractivity contribution < 1.29 is 14.2 Å². The molecule has 2 aromatic carbocycles. The number of ether oxygens (including phenoxy) is 3. The van der Waals surface area contributed by atoms with Gasteiger partial charge in [0.05, 0.1) is 18.3 Å². The lowest BCUT2D eigenvalue weighted by atomic mass is 10.2. The van der Waals surface area contributed by atoms with Crippen LogP contribution >= 0.6 is 23.8 Å². The number of methoxy groups -OCH3 is 1. The van der Waals surface area contributed by atoms with E-state index in [1.54, 1.807) is 32.5 Å². The van der Waals surface area contributed by atoms with Gasteiger partial charge in [0.15, 0.2) is 16.6 Å². The predicted octanol–water partition coefficient (Wildman–Crippen LogP) is 3.54. The van der Waals surface area contributed by atoms with Crippen LogP contribution in [-0.2, 0) is 0 Å². The van der Waals surface area contributed by atoms with Gasteiger partial charge in [-0.05, 0) is 48.5 Å². The van der Waals surface area contributed by atoms with E-state index in [-0.39, 0.29) is 0 Å². The molecule has 6 nitrogen and oxygen atoms in total. The molecule has 0 aliphatic carbocycles. The fourth-order valence-electron chi connectivity index (χ4n) is 2.19. The van der Waals surface area contributed by atoms with Crippen LogP contribution in [0.2, 0.25) is 5.02 Å². The van der Waals surface area contributed by atoms with Gasteiger partial charge in [-0.3, -0.25) is 5.43 Å². The summed E-state index contributed by atoms with van der Waals surface area (Å²) in [6, 6.07) is 11.3. The molecule has 0 heterocycles. The highest BCUT2D eigenvalue weighted by Crippen LogP contribution is 2.36. The van der Waals surface area contributed by atoms with E-state index in [9.17, 15) is 0 Å². The zero-order valence-corrected chi connectivity index (χ0v) is 17.0. The van der Waals surface area contributed by atoms with Crippen molar-refractivity contribution >= 4 is 35.1 Å². The molecule has 27 heavy (non-hydrogen) atoms. The molecule has 0 aliphatic heterocycles.